The van der Waals surface area contributed by atoms with Crippen molar-refractivity contribution in [2.75, 3.05) is 7.11 Å². The summed E-state index contributed by atoms with van der Waals surface area (Å²) in [6, 6.07) is 8.08. The van der Waals surface area contributed by atoms with Crippen molar-refractivity contribution < 1.29 is 19.0 Å². The van der Waals surface area contributed by atoms with E-state index in [4.69, 9.17) is 13.9 Å². The number of phenols is 1. The second-order valence-electron chi connectivity index (χ2n) is 5.25. The van der Waals surface area contributed by atoms with Gasteiger partial charge in [-0.25, -0.2) is 0 Å². The third kappa shape index (κ3) is 2.24. The largest absolute Gasteiger partial charge is 0.507 e. The second kappa shape index (κ2) is 5.26. The van der Waals surface area contributed by atoms with Crippen LogP contribution in [-0.4, -0.2) is 18.3 Å². The van der Waals surface area contributed by atoms with Gasteiger partial charge in [-0.3, -0.25) is 4.79 Å². The van der Waals surface area contributed by atoms with E-state index in [1.165, 1.54) is 13.2 Å². The van der Waals surface area contributed by atoms with Crippen molar-refractivity contribution in [1.82, 2.24) is 0 Å². The maximum absolute atomic E-state index is 12.6. The molecule has 1 aromatic heterocycles. The predicted molar refractivity (Wildman–Crippen MR) is 84.0 cm³/mol. The van der Waals surface area contributed by atoms with E-state index in [0.717, 1.165) is 0 Å². The van der Waals surface area contributed by atoms with Gasteiger partial charge in [0.05, 0.1) is 18.6 Å². The van der Waals surface area contributed by atoms with E-state index in [1.807, 2.05) is 13.8 Å². The molecular formula is C17H16O5. The first-order valence-corrected chi connectivity index (χ1v) is 6.94. The summed E-state index contributed by atoms with van der Waals surface area (Å²) >= 11 is 0. The normalized spacial score (nSPS) is 11.3. The lowest BCUT2D eigenvalue weighted by Crippen LogP contribution is -2.07. The molecule has 0 saturated carbocycles. The fourth-order valence-electron chi connectivity index (χ4n) is 2.43. The summed E-state index contributed by atoms with van der Waals surface area (Å²) < 4.78 is 16.6. The van der Waals surface area contributed by atoms with Crippen LogP contribution in [0, 0.1) is 0 Å². The highest BCUT2D eigenvalue weighted by Gasteiger charge is 2.16. The van der Waals surface area contributed by atoms with Crippen LogP contribution in [0.2, 0.25) is 0 Å². The Morgan fingerprint density at radius 1 is 1.23 bits per heavy atom. The summed E-state index contributed by atoms with van der Waals surface area (Å²) in [7, 11) is 1.51. The first-order chi connectivity index (χ1) is 10.5. The summed E-state index contributed by atoms with van der Waals surface area (Å²) in [5.41, 5.74) is 0.310. The Morgan fingerprint density at radius 2 is 2.00 bits per heavy atom. The lowest BCUT2D eigenvalue weighted by atomic mass is 10.1. The van der Waals surface area contributed by atoms with Crippen molar-refractivity contribution in [3.05, 3.63) is 40.6 Å². The number of benzene rings is 2. The Bertz CT molecular complexity index is 908. The Kier molecular flexibility index (Phi) is 3.41. The quantitative estimate of drug-likeness (QED) is 0.750. The number of methoxy groups -OCH3 is 1. The van der Waals surface area contributed by atoms with Gasteiger partial charge in [0.25, 0.3) is 0 Å². The van der Waals surface area contributed by atoms with Crippen LogP contribution in [0.4, 0.5) is 0 Å². The van der Waals surface area contributed by atoms with Gasteiger partial charge >= 0.3 is 0 Å². The van der Waals surface area contributed by atoms with Crippen LogP contribution >= 0.6 is 0 Å². The van der Waals surface area contributed by atoms with Gasteiger partial charge in [-0.1, -0.05) is 6.07 Å². The maximum Gasteiger partial charge on any atom is 0.204 e. The molecule has 0 saturated heterocycles. The van der Waals surface area contributed by atoms with Crippen LogP contribution in [0.25, 0.3) is 21.9 Å². The van der Waals surface area contributed by atoms with Crippen LogP contribution in [0.1, 0.15) is 13.8 Å². The molecule has 0 radical (unpaired) electrons. The van der Waals surface area contributed by atoms with Crippen molar-refractivity contribution in [2.24, 2.45) is 0 Å². The molecule has 0 bridgehead atoms. The predicted octanol–water partition coefficient (Wildman–Crippen LogP) is 3.45. The molecule has 0 aliphatic heterocycles. The number of para-hydroxylation sites is 1. The van der Waals surface area contributed by atoms with Gasteiger partial charge in [-0.15, -0.1) is 0 Å². The Labute approximate surface area is 126 Å². The zero-order valence-corrected chi connectivity index (χ0v) is 12.5. The van der Waals surface area contributed by atoms with Gasteiger partial charge in [-0.05, 0) is 26.0 Å². The lowest BCUT2D eigenvalue weighted by Gasteiger charge is -2.12. The summed E-state index contributed by atoms with van der Waals surface area (Å²) in [6.07, 6.45) is -0.0569. The van der Waals surface area contributed by atoms with Crippen molar-refractivity contribution in [1.29, 1.82) is 0 Å². The summed E-state index contributed by atoms with van der Waals surface area (Å²) in [6.45, 7) is 3.75. The number of hydrogen-bond donors (Lipinski definition) is 1. The minimum absolute atomic E-state index is 0.0569. The van der Waals surface area contributed by atoms with Crippen molar-refractivity contribution >= 4 is 21.9 Å². The van der Waals surface area contributed by atoms with Crippen LogP contribution in [0.15, 0.2) is 39.5 Å². The van der Waals surface area contributed by atoms with Gasteiger partial charge in [0.15, 0.2) is 11.3 Å². The van der Waals surface area contributed by atoms with Gasteiger partial charge in [0.1, 0.15) is 22.5 Å². The number of hydrogen-bond acceptors (Lipinski definition) is 5. The summed E-state index contributed by atoms with van der Waals surface area (Å²) in [5, 5.41) is 10.7. The average molecular weight is 300 g/mol. The monoisotopic (exact) mass is 300 g/mol. The Balaban J connectivity index is 2.39. The summed E-state index contributed by atoms with van der Waals surface area (Å²) in [4.78, 5) is 12.6. The molecule has 2 aromatic carbocycles. The third-order valence-electron chi connectivity index (χ3n) is 3.31. The molecule has 0 fully saturated rings. The minimum atomic E-state index is -0.302. The van der Waals surface area contributed by atoms with Crippen molar-refractivity contribution in [3.63, 3.8) is 0 Å². The van der Waals surface area contributed by atoms with Gasteiger partial charge in [0, 0.05) is 12.1 Å². The van der Waals surface area contributed by atoms with Crippen LogP contribution in [0.5, 0.6) is 17.2 Å². The molecule has 0 spiro atoms. The molecular weight excluding hydrogens is 284 g/mol. The standard InChI is InChI=1S/C17H16O5/c1-9(2)21-10-7-12(18)15-14(8-10)22-17-11(16(15)19)5-4-6-13(17)20-3/h4-9,18H,1-3H3. The second-order valence-corrected chi connectivity index (χ2v) is 5.25. The molecule has 0 amide bonds. The molecule has 0 aliphatic rings. The Morgan fingerprint density at radius 3 is 2.68 bits per heavy atom. The Hall–Kier alpha value is -2.69. The zero-order chi connectivity index (χ0) is 15.9. The number of fused-ring (bicyclic) bond motifs is 2. The SMILES string of the molecule is COc1cccc2c(=O)c3c(O)cc(OC(C)C)cc3oc12. The minimum Gasteiger partial charge on any atom is -0.507 e. The number of phenolic OH excluding ortho intramolecular Hbond substituents is 1. The van der Waals surface area contributed by atoms with Crippen molar-refractivity contribution in [2.45, 2.75) is 20.0 Å². The molecule has 0 atom stereocenters. The molecule has 1 heterocycles. The van der Waals surface area contributed by atoms with Gasteiger partial charge in [0.2, 0.25) is 5.43 Å². The third-order valence-corrected chi connectivity index (χ3v) is 3.31. The highest BCUT2D eigenvalue weighted by molar-refractivity contribution is 5.95. The average Bonchev–Trinajstić information content (AvgIpc) is 2.45. The topological polar surface area (TPSA) is 68.9 Å². The fraction of sp³-hybridized carbons (Fsp3) is 0.235. The van der Waals surface area contributed by atoms with E-state index in [-0.39, 0.29) is 28.3 Å². The molecule has 3 rings (SSSR count). The number of rotatable bonds is 3. The summed E-state index contributed by atoms with van der Waals surface area (Å²) in [5.74, 6) is 0.746. The van der Waals surface area contributed by atoms with Crippen LogP contribution in [-0.2, 0) is 0 Å². The fourth-order valence-corrected chi connectivity index (χ4v) is 2.43. The van der Waals surface area contributed by atoms with Crippen molar-refractivity contribution in [3.8, 4) is 17.2 Å². The smallest absolute Gasteiger partial charge is 0.204 e. The van der Waals surface area contributed by atoms with E-state index in [1.54, 1.807) is 24.3 Å². The molecule has 0 aliphatic carbocycles. The molecule has 0 unspecified atom stereocenters. The van der Waals surface area contributed by atoms with E-state index < -0.39 is 0 Å². The van der Waals surface area contributed by atoms with E-state index in [9.17, 15) is 9.90 Å². The van der Waals surface area contributed by atoms with Gasteiger partial charge in [-0.2, -0.15) is 0 Å². The maximum atomic E-state index is 12.6. The van der Waals surface area contributed by atoms with Crippen LogP contribution < -0.4 is 14.9 Å². The molecule has 114 valence electrons. The van der Waals surface area contributed by atoms with Crippen LogP contribution in [0.3, 0.4) is 0 Å². The molecule has 22 heavy (non-hydrogen) atoms. The first-order valence-electron chi connectivity index (χ1n) is 6.94. The highest BCUT2D eigenvalue weighted by atomic mass is 16.5. The lowest BCUT2D eigenvalue weighted by molar-refractivity contribution is 0.241. The van der Waals surface area contributed by atoms with E-state index in [0.29, 0.717) is 22.5 Å². The molecule has 1 N–H and O–H groups in total. The number of ether oxygens (including phenoxy) is 2. The van der Waals surface area contributed by atoms with E-state index >= 15 is 0 Å². The number of aromatic hydroxyl groups is 1. The van der Waals surface area contributed by atoms with E-state index in [2.05, 4.69) is 0 Å². The zero-order valence-electron chi connectivity index (χ0n) is 12.5. The molecule has 3 aromatic rings. The van der Waals surface area contributed by atoms with Gasteiger partial charge < -0.3 is 19.0 Å². The molecule has 5 heteroatoms. The first kappa shape index (κ1) is 14.3. The molecule has 5 nitrogen and oxygen atoms in total. The highest BCUT2D eigenvalue weighted by Crippen LogP contribution is 2.33.